The highest BCUT2D eigenvalue weighted by Gasteiger charge is 2.32. The average Bonchev–Trinajstić information content (AvgIpc) is 3.24. The molecule has 5 rings (SSSR count). The molecule has 0 aliphatic carbocycles. The fourth-order valence-electron chi connectivity index (χ4n) is 5.13. The number of benzene rings is 3. The normalized spacial score (nSPS) is 17.7. The molecule has 0 N–H and O–H groups in total. The van der Waals surface area contributed by atoms with E-state index in [1.165, 1.54) is 35.1 Å². The Morgan fingerprint density at radius 3 is 1.97 bits per heavy atom. The van der Waals surface area contributed by atoms with Crippen LogP contribution in [0.3, 0.4) is 0 Å². The molecule has 2 aliphatic heterocycles. The van der Waals surface area contributed by atoms with E-state index in [9.17, 15) is 0 Å². The Kier molecular flexibility index (Phi) is 5.36. The molecule has 3 nitrogen and oxygen atoms in total. The predicted molar refractivity (Wildman–Crippen MR) is 121 cm³/mol. The molecule has 0 spiro atoms. The van der Waals surface area contributed by atoms with E-state index in [4.69, 9.17) is 6.57 Å². The minimum atomic E-state index is 0.324. The van der Waals surface area contributed by atoms with Gasteiger partial charge >= 0.3 is 0 Å². The Balaban J connectivity index is 1.29. The van der Waals surface area contributed by atoms with Crippen LogP contribution in [0.4, 0.5) is 5.69 Å². The van der Waals surface area contributed by atoms with E-state index in [1.807, 2.05) is 6.07 Å². The Labute approximate surface area is 179 Å². The number of rotatable bonds is 4. The first kappa shape index (κ1) is 19.1. The predicted octanol–water partition coefficient (Wildman–Crippen LogP) is 5.81. The van der Waals surface area contributed by atoms with Gasteiger partial charge in [-0.15, -0.1) is 0 Å². The van der Waals surface area contributed by atoms with Crippen LogP contribution < -0.4 is 0 Å². The second kappa shape index (κ2) is 8.44. The van der Waals surface area contributed by atoms with E-state index >= 15 is 0 Å². The molecule has 2 aliphatic rings. The van der Waals surface area contributed by atoms with Gasteiger partial charge in [0.15, 0.2) is 5.69 Å². The molecule has 0 bridgehead atoms. The summed E-state index contributed by atoms with van der Waals surface area (Å²) in [7, 11) is 0. The molecule has 0 saturated carbocycles. The molecule has 3 aromatic rings. The molecule has 0 amide bonds. The van der Waals surface area contributed by atoms with Gasteiger partial charge in [0.1, 0.15) is 0 Å². The van der Waals surface area contributed by atoms with Crippen molar-refractivity contribution in [3.05, 3.63) is 113 Å². The Morgan fingerprint density at radius 1 is 0.767 bits per heavy atom. The molecule has 3 aromatic carbocycles. The van der Waals surface area contributed by atoms with Gasteiger partial charge in [-0.25, -0.2) is 4.85 Å². The molecule has 0 atom stereocenters. The van der Waals surface area contributed by atoms with Gasteiger partial charge in [-0.1, -0.05) is 78.9 Å². The second-order valence-corrected chi connectivity index (χ2v) is 8.46. The molecule has 150 valence electrons. The minimum absolute atomic E-state index is 0.324. The first-order valence-electron chi connectivity index (χ1n) is 10.9. The van der Waals surface area contributed by atoms with Crippen LogP contribution in [-0.2, 0) is 13.1 Å². The molecule has 30 heavy (non-hydrogen) atoms. The molecule has 0 unspecified atom stereocenters. The summed E-state index contributed by atoms with van der Waals surface area (Å²) in [6.45, 7) is 11.5. The largest absolute Gasteiger partial charge is 0.292 e. The average molecular weight is 394 g/mol. The third-order valence-corrected chi connectivity index (χ3v) is 6.68. The van der Waals surface area contributed by atoms with E-state index in [1.54, 1.807) is 0 Å². The smallest absolute Gasteiger partial charge is 0.187 e. The molecule has 2 heterocycles. The molecule has 1 saturated heterocycles. The van der Waals surface area contributed by atoms with Crippen molar-refractivity contribution in [1.29, 1.82) is 0 Å². The number of fused-ring (bicyclic) bond motifs is 1. The Morgan fingerprint density at radius 2 is 1.37 bits per heavy atom. The third kappa shape index (κ3) is 3.77. The van der Waals surface area contributed by atoms with Crippen LogP contribution in [-0.4, -0.2) is 28.9 Å². The summed E-state index contributed by atoms with van der Waals surface area (Å²) in [6, 6.07) is 29.0. The quantitative estimate of drug-likeness (QED) is 0.518. The van der Waals surface area contributed by atoms with Crippen molar-refractivity contribution in [3.8, 4) is 0 Å². The molecule has 3 heteroatoms. The lowest BCUT2D eigenvalue weighted by Crippen LogP contribution is -2.44. The highest BCUT2D eigenvalue weighted by molar-refractivity contribution is 5.50. The second-order valence-electron chi connectivity index (χ2n) is 8.46. The van der Waals surface area contributed by atoms with Crippen molar-refractivity contribution in [2.75, 3.05) is 13.1 Å². The summed E-state index contributed by atoms with van der Waals surface area (Å²) < 4.78 is 0. The fraction of sp³-hybridized carbons (Fsp3) is 0.296. The molecule has 1 fully saturated rings. The number of hydrogen-bond acceptors (Lipinski definition) is 2. The van der Waals surface area contributed by atoms with Crippen LogP contribution in [0.1, 0.15) is 41.1 Å². The lowest BCUT2D eigenvalue weighted by Gasteiger charge is -2.40. The van der Waals surface area contributed by atoms with Crippen LogP contribution in [0.15, 0.2) is 78.9 Å². The van der Waals surface area contributed by atoms with Gasteiger partial charge in [0.25, 0.3) is 0 Å². The standard InChI is InChI=1S/C27H27N3/c1-28-25-13-12-23-19-30(20-24(23)18-25)26-14-16-29(17-15-26)27(21-8-4-2-5-9-21)22-10-6-3-7-11-22/h2-13,18,26-27H,14-17,19-20H2. The van der Waals surface area contributed by atoms with Crippen LogP contribution in [0.25, 0.3) is 4.85 Å². The molecular formula is C27H27N3. The van der Waals surface area contributed by atoms with Crippen LogP contribution in [0, 0.1) is 6.57 Å². The zero-order valence-electron chi connectivity index (χ0n) is 17.2. The lowest BCUT2D eigenvalue weighted by molar-refractivity contribution is 0.0912. The summed E-state index contributed by atoms with van der Waals surface area (Å²) in [5.74, 6) is 0. The van der Waals surface area contributed by atoms with Gasteiger partial charge in [0.2, 0.25) is 0 Å². The first-order chi connectivity index (χ1) is 14.8. The van der Waals surface area contributed by atoms with Crippen molar-refractivity contribution in [2.24, 2.45) is 0 Å². The number of likely N-dealkylation sites (tertiary alicyclic amines) is 1. The molecular weight excluding hydrogens is 366 g/mol. The number of piperidine rings is 1. The van der Waals surface area contributed by atoms with E-state index in [0.29, 0.717) is 12.1 Å². The van der Waals surface area contributed by atoms with E-state index < -0.39 is 0 Å². The number of nitrogens with zero attached hydrogens (tertiary/aromatic N) is 3. The van der Waals surface area contributed by atoms with Gasteiger partial charge in [-0.2, -0.15) is 0 Å². The van der Waals surface area contributed by atoms with Crippen molar-refractivity contribution < 1.29 is 0 Å². The van der Waals surface area contributed by atoms with Crippen molar-refractivity contribution >= 4 is 5.69 Å². The monoisotopic (exact) mass is 393 g/mol. The highest BCUT2D eigenvalue weighted by atomic mass is 15.2. The van der Waals surface area contributed by atoms with Crippen LogP contribution in [0.5, 0.6) is 0 Å². The maximum Gasteiger partial charge on any atom is 0.187 e. The minimum Gasteiger partial charge on any atom is -0.292 e. The van der Waals surface area contributed by atoms with Gasteiger partial charge in [-0.3, -0.25) is 9.80 Å². The van der Waals surface area contributed by atoms with Crippen molar-refractivity contribution in [1.82, 2.24) is 9.80 Å². The lowest BCUT2D eigenvalue weighted by atomic mass is 9.93. The maximum absolute atomic E-state index is 7.26. The van der Waals surface area contributed by atoms with E-state index in [0.717, 1.165) is 31.9 Å². The van der Waals surface area contributed by atoms with E-state index in [2.05, 4.69) is 87.4 Å². The van der Waals surface area contributed by atoms with Gasteiger partial charge in [0.05, 0.1) is 12.6 Å². The van der Waals surface area contributed by atoms with Crippen LogP contribution >= 0.6 is 0 Å². The van der Waals surface area contributed by atoms with Gasteiger partial charge in [-0.05, 0) is 35.1 Å². The fourth-order valence-corrected chi connectivity index (χ4v) is 5.13. The SMILES string of the molecule is [C-]#[N+]c1ccc2c(c1)CN(C1CCN(C(c3ccccc3)c3ccccc3)CC1)C2. The Bertz CT molecular complexity index is 991. The summed E-state index contributed by atoms with van der Waals surface area (Å²) in [6.07, 6.45) is 2.39. The number of hydrogen-bond donors (Lipinski definition) is 0. The van der Waals surface area contributed by atoms with E-state index in [-0.39, 0.29) is 0 Å². The van der Waals surface area contributed by atoms with Gasteiger partial charge < -0.3 is 0 Å². The highest BCUT2D eigenvalue weighted by Crippen LogP contribution is 2.35. The summed E-state index contributed by atoms with van der Waals surface area (Å²) in [5.41, 5.74) is 6.26. The van der Waals surface area contributed by atoms with Gasteiger partial charge in [0, 0.05) is 32.2 Å². The summed E-state index contributed by atoms with van der Waals surface area (Å²) in [5, 5.41) is 0. The zero-order valence-corrected chi connectivity index (χ0v) is 17.2. The Hall–Kier alpha value is -2.93. The molecule has 0 radical (unpaired) electrons. The van der Waals surface area contributed by atoms with Crippen LogP contribution in [0.2, 0.25) is 0 Å². The summed E-state index contributed by atoms with van der Waals surface area (Å²) >= 11 is 0. The summed E-state index contributed by atoms with van der Waals surface area (Å²) in [4.78, 5) is 8.87. The van der Waals surface area contributed by atoms with Crippen molar-refractivity contribution in [2.45, 2.75) is 38.0 Å². The first-order valence-corrected chi connectivity index (χ1v) is 10.9. The maximum atomic E-state index is 7.26. The molecule has 0 aromatic heterocycles. The van der Waals surface area contributed by atoms with Crippen molar-refractivity contribution in [3.63, 3.8) is 0 Å². The third-order valence-electron chi connectivity index (χ3n) is 6.68. The zero-order chi connectivity index (χ0) is 20.3. The topological polar surface area (TPSA) is 10.8 Å².